The predicted molar refractivity (Wildman–Crippen MR) is 39.8 cm³/mol. The van der Waals surface area contributed by atoms with Gasteiger partial charge in [-0.3, -0.25) is 4.98 Å². The van der Waals surface area contributed by atoms with Gasteiger partial charge in [0.15, 0.2) is 0 Å². The minimum atomic E-state index is 0.438. The topological polar surface area (TPSA) is 37.8 Å². The highest BCUT2D eigenvalue weighted by Crippen LogP contribution is 2.01. The van der Waals surface area contributed by atoms with Crippen molar-refractivity contribution in [3.05, 3.63) is 23.2 Å². The van der Waals surface area contributed by atoms with E-state index in [1.165, 1.54) is 6.20 Å². The zero-order valence-electron chi connectivity index (χ0n) is 5.63. The van der Waals surface area contributed by atoms with Gasteiger partial charge in [0.1, 0.15) is 5.15 Å². The summed E-state index contributed by atoms with van der Waals surface area (Å²) in [6.07, 6.45) is 3.20. The zero-order valence-corrected chi connectivity index (χ0v) is 6.39. The number of nitrogens with zero attached hydrogens (tertiary/aromatic N) is 2. The maximum absolute atomic E-state index is 5.58. The molecule has 1 aromatic rings. The van der Waals surface area contributed by atoms with Crippen molar-refractivity contribution in [3.63, 3.8) is 0 Å². The first-order chi connectivity index (χ1) is 4.83. The van der Waals surface area contributed by atoms with E-state index >= 15 is 0 Å². The van der Waals surface area contributed by atoms with Gasteiger partial charge in [-0.2, -0.15) is 0 Å². The largest absolute Gasteiger partial charge is 0.314 e. The van der Waals surface area contributed by atoms with Gasteiger partial charge in [0.2, 0.25) is 0 Å². The summed E-state index contributed by atoms with van der Waals surface area (Å²) in [5, 5.41) is 3.39. The van der Waals surface area contributed by atoms with Gasteiger partial charge < -0.3 is 5.32 Å². The standard InChI is InChI=1S/C6H8ClN3/c1-8-2-5-3-9-4-6(7)10-5/h3-4,8H,2H2,1H3. The van der Waals surface area contributed by atoms with Crippen LogP contribution in [0.5, 0.6) is 0 Å². The highest BCUT2D eigenvalue weighted by molar-refractivity contribution is 6.29. The SMILES string of the molecule is CNCc1cncc(Cl)n1. The highest BCUT2D eigenvalue weighted by Gasteiger charge is 1.92. The summed E-state index contributed by atoms with van der Waals surface area (Å²) >= 11 is 5.58. The van der Waals surface area contributed by atoms with E-state index in [1.54, 1.807) is 6.20 Å². The third-order valence-electron chi connectivity index (χ3n) is 1.01. The van der Waals surface area contributed by atoms with Gasteiger partial charge >= 0.3 is 0 Å². The lowest BCUT2D eigenvalue weighted by molar-refractivity contribution is 0.784. The first-order valence-corrected chi connectivity index (χ1v) is 3.32. The third-order valence-corrected chi connectivity index (χ3v) is 1.20. The molecule has 1 aromatic heterocycles. The average Bonchev–Trinajstić information content (AvgIpc) is 1.88. The lowest BCUT2D eigenvalue weighted by Gasteiger charge is -1.96. The number of hydrogen-bond donors (Lipinski definition) is 1. The zero-order chi connectivity index (χ0) is 7.40. The second-order valence-corrected chi connectivity index (χ2v) is 2.25. The van der Waals surface area contributed by atoms with Crippen molar-refractivity contribution in [1.29, 1.82) is 0 Å². The van der Waals surface area contributed by atoms with Crippen molar-refractivity contribution in [2.24, 2.45) is 0 Å². The van der Waals surface area contributed by atoms with Crippen molar-refractivity contribution < 1.29 is 0 Å². The van der Waals surface area contributed by atoms with E-state index in [4.69, 9.17) is 11.6 Å². The molecule has 0 unspecified atom stereocenters. The Morgan fingerprint density at radius 3 is 3.00 bits per heavy atom. The van der Waals surface area contributed by atoms with E-state index in [-0.39, 0.29) is 0 Å². The van der Waals surface area contributed by atoms with Crippen LogP contribution < -0.4 is 5.32 Å². The smallest absolute Gasteiger partial charge is 0.147 e. The Morgan fingerprint density at radius 1 is 1.60 bits per heavy atom. The molecular weight excluding hydrogens is 150 g/mol. The van der Waals surface area contributed by atoms with Crippen LogP contribution >= 0.6 is 11.6 Å². The molecule has 0 amide bonds. The van der Waals surface area contributed by atoms with Gasteiger partial charge in [0.05, 0.1) is 11.9 Å². The molecule has 0 bridgehead atoms. The average molecular weight is 158 g/mol. The van der Waals surface area contributed by atoms with Gasteiger partial charge in [-0.15, -0.1) is 0 Å². The molecule has 54 valence electrons. The molecule has 0 aliphatic heterocycles. The molecular formula is C6H8ClN3. The van der Waals surface area contributed by atoms with Crippen molar-refractivity contribution in [2.75, 3.05) is 7.05 Å². The molecule has 0 spiro atoms. The molecule has 1 heterocycles. The first kappa shape index (κ1) is 7.44. The number of halogens is 1. The van der Waals surface area contributed by atoms with Crippen LogP contribution in [-0.2, 0) is 6.54 Å². The molecule has 3 nitrogen and oxygen atoms in total. The Kier molecular flexibility index (Phi) is 2.59. The molecule has 1 rings (SSSR count). The second-order valence-electron chi connectivity index (χ2n) is 1.86. The second kappa shape index (κ2) is 3.49. The molecule has 4 heteroatoms. The number of rotatable bonds is 2. The normalized spacial score (nSPS) is 9.80. The molecule has 0 radical (unpaired) electrons. The van der Waals surface area contributed by atoms with Gasteiger partial charge in [0, 0.05) is 12.7 Å². The number of aromatic nitrogens is 2. The molecule has 0 atom stereocenters. The van der Waals surface area contributed by atoms with Crippen molar-refractivity contribution in [3.8, 4) is 0 Å². The molecule has 0 saturated heterocycles. The van der Waals surface area contributed by atoms with Crippen molar-refractivity contribution >= 4 is 11.6 Å². The van der Waals surface area contributed by atoms with Gasteiger partial charge in [-0.25, -0.2) is 4.98 Å². The van der Waals surface area contributed by atoms with Crippen LogP contribution in [0.4, 0.5) is 0 Å². The van der Waals surface area contributed by atoms with E-state index in [9.17, 15) is 0 Å². The minimum absolute atomic E-state index is 0.438. The summed E-state index contributed by atoms with van der Waals surface area (Å²) in [5.74, 6) is 0. The Balaban J connectivity index is 2.75. The first-order valence-electron chi connectivity index (χ1n) is 2.94. The highest BCUT2D eigenvalue weighted by atomic mass is 35.5. The van der Waals surface area contributed by atoms with E-state index in [0.717, 1.165) is 5.69 Å². The van der Waals surface area contributed by atoms with E-state index in [1.807, 2.05) is 7.05 Å². The van der Waals surface area contributed by atoms with E-state index < -0.39 is 0 Å². The molecule has 10 heavy (non-hydrogen) atoms. The van der Waals surface area contributed by atoms with Crippen LogP contribution in [0.3, 0.4) is 0 Å². The van der Waals surface area contributed by atoms with Crippen molar-refractivity contribution in [2.45, 2.75) is 6.54 Å². The summed E-state index contributed by atoms with van der Waals surface area (Å²) in [5.41, 5.74) is 0.856. The maximum atomic E-state index is 5.58. The van der Waals surface area contributed by atoms with E-state index in [2.05, 4.69) is 15.3 Å². The van der Waals surface area contributed by atoms with Gasteiger partial charge in [0.25, 0.3) is 0 Å². The molecule has 0 aromatic carbocycles. The summed E-state index contributed by atoms with van der Waals surface area (Å²) in [7, 11) is 1.85. The predicted octanol–water partition coefficient (Wildman–Crippen LogP) is 0.849. The van der Waals surface area contributed by atoms with Crippen LogP contribution in [0.1, 0.15) is 5.69 Å². The maximum Gasteiger partial charge on any atom is 0.147 e. The Labute approximate surface area is 64.5 Å². The fraction of sp³-hybridized carbons (Fsp3) is 0.333. The minimum Gasteiger partial charge on any atom is -0.314 e. The van der Waals surface area contributed by atoms with Crippen LogP contribution in [0.2, 0.25) is 5.15 Å². The van der Waals surface area contributed by atoms with Gasteiger partial charge in [-0.1, -0.05) is 11.6 Å². The molecule has 0 aliphatic carbocycles. The fourth-order valence-electron chi connectivity index (χ4n) is 0.646. The van der Waals surface area contributed by atoms with Crippen LogP contribution in [0, 0.1) is 0 Å². The van der Waals surface area contributed by atoms with E-state index in [0.29, 0.717) is 11.7 Å². The third kappa shape index (κ3) is 1.93. The number of nitrogens with one attached hydrogen (secondary N) is 1. The lowest BCUT2D eigenvalue weighted by Crippen LogP contribution is -2.06. The van der Waals surface area contributed by atoms with Gasteiger partial charge in [-0.05, 0) is 7.05 Å². The molecule has 0 fully saturated rings. The molecule has 1 N–H and O–H groups in total. The monoisotopic (exact) mass is 157 g/mol. The summed E-state index contributed by atoms with van der Waals surface area (Å²) in [6.45, 7) is 0.702. The lowest BCUT2D eigenvalue weighted by atomic mass is 10.4. The van der Waals surface area contributed by atoms with Crippen molar-refractivity contribution in [1.82, 2.24) is 15.3 Å². The van der Waals surface area contributed by atoms with Crippen LogP contribution in [-0.4, -0.2) is 17.0 Å². The Hall–Kier alpha value is -0.670. The van der Waals surface area contributed by atoms with Crippen LogP contribution in [0.15, 0.2) is 12.4 Å². The number of hydrogen-bond acceptors (Lipinski definition) is 3. The summed E-state index contributed by atoms with van der Waals surface area (Å²) in [4.78, 5) is 7.87. The molecule has 0 saturated carbocycles. The fourth-order valence-corrected chi connectivity index (χ4v) is 0.811. The Morgan fingerprint density at radius 2 is 2.40 bits per heavy atom. The summed E-state index contributed by atoms with van der Waals surface area (Å²) in [6, 6.07) is 0. The summed E-state index contributed by atoms with van der Waals surface area (Å²) < 4.78 is 0. The van der Waals surface area contributed by atoms with Crippen LogP contribution in [0.25, 0.3) is 0 Å². The molecule has 0 aliphatic rings. The Bertz CT molecular complexity index is 214. The quantitative estimate of drug-likeness (QED) is 0.692.